The average Bonchev–Trinajstić information content (AvgIpc) is 3.34. The van der Waals surface area contributed by atoms with Crippen molar-refractivity contribution in [2.45, 2.75) is 26.3 Å². The van der Waals surface area contributed by atoms with Crippen LogP contribution in [0.15, 0.2) is 71.0 Å². The molecule has 3 rings (SSSR count). The van der Waals surface area contributed by atoms with Gasteiger partial charge in [0.2, 0.25) is 0 Å². The molecule has 3 aromatic rings. The van der Waals surface area contributed by atoms with Crippen molar-refractivity contribution in [2.24, 2.45) is 0 Å². The summed E-state index contributed by atoms with van der Waals surface area (Å²) in [5.41, 5.74) is 2.23. The summed E-state index contributed by atoms with van der Waals surface area (Å²) >= 11 is 0. The van der Waals surface area contributed by atoms with E-state index >= 15 is 0 Å². The van der Waals surface area contributed by atoms with Gasteiger partial charge in [0.15, 0.2) is 11.5 Å². The highest BCUT2D eigenvalue weighted by Gasteiger charge is 2.21. The van der Waals surface area contributed by atoms with E-state index in [-0.39, 0.29) is 17.6 Å². The molecule has 172 valence electrons. The molecule has 0 saturated carbocycles. The van der Waals surface area contributed by atoms with Crippen LogP contribution in [0.5, 0.6) is 11.5 Å². The quantitative estimate of drug-likeness (QED) is 0.466. The molecular formula is C26H28N2O5. The van der Waals surface area contributed by atoms with Crippen molar-refractivity contribution in [2.75, 3.05) is 14.2 Å². The van der Waals surface area contributed by atoms with Crippen LogP contribution in [0.2, 0.25) is 0 Å². The van der Waals surface area contributed by atoms with Crippen molar-refractivity contribution in [1.29, 1.82) is 0 Å². The number of carbonyl (C=O) groups is 2. The van der Waals surface area contributed by atoms with Crippen LogP contribution in [0, 0.1) is 6.92 Å². The maximum atomic E-state index is 13.2. The molecule has 0 bridgehead atoms. The van der Waals surface area contributed by atoms with Gasteiger partial charge in [-0.2, -0.15) is 0 Å². The molecule has 0 aliphatic carbocycles. The third-order valence-electron chi connectivity index (χ3n) is 5.24. The van der Waals surface area contributed by atoms with Gasteiger partial charge in [0.25, 0.3) is 11.8 Å². The van der Waals surface area contributed by atoms with Crippen LogP contribution in [0.25, 0.3) is 6.08 Å². The molecule has 1 atom stereocenters. The fraction of sp³-hybridized carbons (Fsp3) is 0.231. The van der Waals surface area contributed by atoms with Gasteiger partial charge in [0.05, 0.1) is 26.5 Å². The van der Waals surface area contributed by atoms with E-state index in [1.165, 1.54) is 12.3 Å². The third-order valence-corrected chi connectivity index (χ3v) is 5.24. The summed E-state index contributed by atoms with van der Waals surface area (Å²) in [4.78, 5) is 26.1. The van der Waals surface area contributed by atoms with E-state index in [0.717, 1.165) is 11.1 Å². The van der Waals surface area contributed by atoms with Crippen LogP contribution in [-0.2, 0) is 4.79 Å². The molecule has 0 unspecified atom stereocenters. The van der Waals surface area contributed by atoms with E-state index in [0.29, 0.717) is 29.2 Å². The van der Waals surface area contributed by atoms with Crippen LogP contribution in [0.1, 0.15) is 46.6 Å². The summed E-state index contributed by atoms with van der Waals surface area (Å²) in [5, 5.41) is 5.74. The van der Waals surface area contributed by atoms with Crippen molar-refractivity contribution < 1.29 is 23.5 Å². The maximum absolute atomic E-state index is 13.2. The third kappa shape index (κ3) is 5.83. The second-order valence-corrected chi connectivity index (χ2v) is 7.39. The van der Waals surface area contributed by atoms with Gasteiger partial charge in [0.1, 0.15) is 11.5 Å². The van der Waals surface area contributed by atoms with Gasteiger partial charge < -0.3 is 24.5 Å². The SMILES string of the molecule is CC[C@@H](NC(=O)/C(=C/c1ccco1)NC(=O)c1ccccc1C)c1ccc(OC)c(OC)c1. The van der Waals surface area contributed by atoms with E-state index in [1.54, 1.807) is 44.6 Å². The second kappa shape index (κ2) is 11.0. The summed E-state index contributed by atoms with van der Waals surface area (Å²) in [6, 6.07) is 15.8. The minimum atomic E-state index is -0.435. The lowest BCUT2D eigenvalue weighted by Gasteiger charge is -2.20. The number of hydrogen-bond acceptors (Lipinski definition) is 5. The van der Waals surface area contributed by atoms with Gasteiger partial charge in [-0.15, -0.1) is 0 Å². The Kier molecular flexibility index (Phi) is 7.91. The molecule has 0 radical (unpaired) electrons. The predicted octanol–water partition coefficient (Wildman–Crippen LogP) is 4.64. The van der Waals surface area contributed by atoms with Crippen molar-refractivity contribution in [3.63, 3.8) is 0 Å². The number of aryl methyl sites for hydroxylation is 1. The number of rotatable bonds is 9. The molecule has 2 N–H and O–H groups in total. The molecule has 33 heavy (non-hydrogen) atoms. The van der Waals surface area contributed by atoms with Gasteiger partial charge in [-0.1, -0.05) is 31.2 Å². The minimum absolute atomic E-state index is 0.0807. The van der Waals surface area contributed by atoms with Crippen LogP contribution < -0.4 is 20.1 Å². The van der Waals surface area contributed by atoms with Crippen molar-refractivity contribution >= 4 is 17.9 Å². The van der Waals surface area contributed by atoms with Gasteiger partial charge in [-0.25, -0.2) is 0 Å². The highest BCUT2D eigenvalue weighted by molar-refractivity contribution is 6.05. The summed E-state index contributed by atoms with van der Waals surface area (Å²) in [6.45, 7) is 3.80. The highest BCUT2D eigenvalue weighted by atomic mass is 16.5. The van der Waals surface area contributed by atoms with Gasteiger partial charge >= 0.3 is 0 Å². The number of ether oxygens (including phenoxy) is 2. The first-order valence-corrected chi connectivity index (χ1v) is 10.6. The fourth-order valence-electron chi connectivity index (χ4n) is 3.42. The first-order chi connectivity index (χ1) is 16.0. The lowest BCUT2D eigenvalue weighted by molar-refractivity contribution is -0.118. The van der Waals surface area contributed by atoms with Crippen LogP contribution in [0.3, 0.4) is 0 Å². The Morgan fingerprint density at radius 1 is 1.03 bits per heavy atom. The number of nitrogens with one attached hydrogen (secondary N) is 2. The Morgan fingerprint density at radius 2 is 1.79 bits per heavy atom. The fourth-order valence-corrected chi connectivity index (χ4v) is 3.42. The van der Waals surface area contributed by atoms with E-state index in [4.69, 9.17) is 13.9 Å². The van der Waals surface area contributed by atoms with Gasteiger partial charge in [0, 0.05) is 11.6 Å². The zero-order chi connectivity index (χ0) is 23.8. The van der Waals surface area contributed by atoms with Crippen molar-refractivity contribution in [1.82, 2.24) is 10.6 Å². The molecule has 7 heteroatoms. The molecule has 0 aliphatic rings. The van der Waals surface area contributed by atoms with Gasteiger partial charge in [-0.3, -0.25) is 9.59 Å². The zero-order valence-electron chi connectivity index (χ0n) is 19.2. The number of furan rings is 1. The minimum Gasteiger partial charge on any atom is -0.493 e. The summed E-state index contributed by atoms with van der Waals surface area (Å²) in [5.74, 6) is 0.813. The predicted molar refractivity (Wildman–Crippen MR) is 126 cm³/mol. The maximum Gasteiger partial charge on any atom is 0.268 e. The Balaban J connectivity index is 1.86. The first-order valence-electron chi connectivity index (χ1n) is 10.6. The monoisotopic (exact) mass is 448 g/mol. The molecule has 1 heterocycles. The largest absolute Gasteiger partial charge is 0.493 e. The lowest BCUT2D eigenvalue weighted by atomic mass is 10.0. The van der Waals surface area contributed by atoms with E-state index < -0.39 is 5.91 Å². The molecule has 1 aromatic heterocycles. The lowest BCUT2D eigenvalue weighted by Crippen LogP contribution is -2.37. The van der Waals surface area contributed by atoms with Crippen LogP contribution in [-0.4, -0.2) is 26.0 Å². The Labute approximate surface area is 193 Å². The average molecular weight is 449 g/mol. The number of amides is 2. The summed E-state index contributed by atoms with van der Waals surface area (Å²) in [7, 11) is 3.13. The van der Waals surface area contributed by atoms with Crippen molar-refractivity contribution in [3.05, 3.63) is 89.0 Å². The number of carbonyl (C=O) groups excluding carboxylic acids is 2. The molecule has 7 nitrogen and oxygen atoms in total. The number of benzene rings is 2. The van der Waals surface area contributed by atoms with E-state index in [9.17, 15) is 9.59 Å². The van der Waals surface area contributed by atoms with E-state index in [1.807, 2.05) is 38.1 Å². The Morgan fingerprint density at radius 3 is 2.42 bits per heavy atom. The van der Waals surface area contributed by atoms with E-state index in [2.05, 4.69) is 10.6 Å². The molecule has 0 spiro atoms. The molecule has 0 fully saturated rings. The molecule has 2 aromatic carbocycles. The molecular weight excluding hydrogens is 420 g/mol. The summed E-state index contributed by atoms with van der Waals surface area (Å²) in [6.07, 6.45) is 3.64. The molecule has 0 aliphatic heterocycles. The van der Waals surface area contributed by atoms with Crippen LogP contribution in [0.4, 0.5) is 0 Å². The Bertz CT molecular complexity index is 1140. The summed E-state index contributed by atoms with van der Waals surface area (Å²) < 4.78 is 16.0. The normalized spacial score (nSPS) is 12.1. The Hall–Kier alpha value is -4.00. The van der Waals surface area contributed by atoms with Crippen molar-refractivity contribution in [3.8, 4) is 11.5 Å². The van der Waals surface area contributed by atoms with Crippen LogP contribution >= 0.6 is 0 Å². The zero-order valence-corrected chi connectivity index (χ0v) is 19.2. The second-order valence-electron chi connectivity index (χ2n) is 7.39. The topological polar surface area (TPSA) is 89.8 Å². The highest BCUT2D eigenvalue weighted by Crippen LogP contribution is 2.31. The first kappa shape index (κ1) is 23.7. The molecule has 0 saturated heterocycles. The smallest absolute Gasteiger partial charge is 0.268 e. The number of hydrogen-bond donors (Lipinski definition) is 2. The number of methoxy groups -OCH3 is 2. The standard InChI is InChI=1S/C26H28N2O5/c1-5-21(18-12-13-23(31-3)24(15-18)32-4)27-26(30)22(16-19-10-8-14-33-19)28-25(29)20-11-7-6-9-17(20)2/h6-16,21H,5H2,1-4H3,(H,27,30)(H,28,29)/b22-16-/t21-/m1/s1. The van der Waals surface area contributed by atoms with Gasteiger partial charge in [-0.05, 0) is 54.8 Å². The molecule has 2 amide bonds.